The number of hydrogen-bond acceptors (Lipinski definition) is 3. The first-order valence-electron chi connectivity index (χ1n) is 8.31. The minimum atomic E-state index is -0.0937. The van der Waals surface area contributed by atoms with Crippen LogP contribution in [-0.2, 0) is 16.0 Å². The molecule has 3 aromatic rings. The van der Waals surface area contributed by atoms with Crippen LogP contribution in [0.25, 0.3) is 10.9 Å². The molecule has 1 aromatic heterocycles. The van der Waals surface area contributed by atoms with Crippen molar-refractivity contribution >= 4 is 34.1 Å². The second-order valence-electron chi connectivity index (χ2n) is 6.22. The van der Waals surface area contributed by atoms with Crippen LogP contribution in [0.1, 0.15) is 18.4 Å². The lowest BCUT2D eigenvalue weighted by Gasteiger charge is -2.16. The first kappa shape index (κ1) is 15.4. The molecular weight excluding hydrogens is 316 g/mol. The summed E-state index contributed by atoms with van der Waals surface area (Å²) in [7, 11) is 0. The Kier molecular flexibility index (Phi) is 3.93. The number of benzene rings is 2. The van der Waals surface area contributed by atoms with E-state index in [1.54, 1.807) is 11.1 Å². The Morgan fingerprint density at radius 2 is 2.16 bits per heavy atom. The average molecular weight is 334 g/mol. The van der Waals surface area contributed by atoms with Crippen LogP contribution < -0.4 is 10.2 Å². The van der Waals surface area contributed by atoms with Crippen molar-refractivity contribution < 1.29 is 9.59 Å². The largest absolute Gasteiger partial charge is 0.326 e. The molecule has 126 valence electrons. The van der Waals surface area contributed by atoms with Gasteiger partial charge in [-0.15, -0.1) is 0 Å². The maximum Gasteiger partial charge on any atom is 0.228 e. The van der Waals surface area contributed by atoms with Crippen molar-refractivity contribution in [2.45, 2.75) is 19.3 Å². The number of amides is 2. The Balaban J connectivity index is 1.46. The molecule has 4 rings (SSSR count). The highest BCUT2D eigenvalue weighted by Crippen LogP contribution is 2.23. The van der Waals surface area contributed by atoms with Gasteiger partial charge in [0.2, 0.25) is 11.8 Å². The van der Waals surface area contributed by atoms with Crippen LogP contribution in [0.2, 0.25) is 0 Å². The summed E-state index contributed by atoms with van der Waals surface area (Å²) in [6.45, 7) is 0.749. The predicted octanol–water partition coefficient (Wildman–Crippen LogP) is 2.87. The van der Waals surface area contributed by atoms with Crippen LogP contribution in [0, 0.1) is 0 Å². The minimum absolute atomic E-state index is 0.0937. The van der Waals surface area contributed by atoms with Crippen molar-refractivity contribution in [1.29, 1.82) is 0 Å². The summed E-state index contributed by atoms with van der Waals surface area (Å²) in [5, 5.41) is 10.8. The van der Waals surface area contributed by atoms with Crippen molar-refractivity contribution in [2.24, 2.45) is 0 Å². The topological polar surface area (TPSA) is 78.1 Å². The predicted molar refractivity (Wildman–Crippen MR) is 96.5 cm³/mol. The number of H-pyrrole nitrogens is 1. The van der Waals surface area contributed by atoms with Gasteiger partial charge in [0.25, 0.3) is 0 Å². The highest BCUT2D eigenvalue weighted by Gasteiger charge is 2.21. The van der Waals surface area contributed by atoms with E-state index in [0.29, 0.717) is 6.42 Å². The number of aromatic amines is 1. The molecule has 0 unspecified atom stereocenters. The number of aromatic nitrogens is 2. The first-order valence-corrected chi connectivity index (χ1v) is 8.31. The summed E-state index contributed by atoms with van der Waals surface area (Å²) in [6.07, 6.45) is 3.49. The maximum absolute atomic E-state index is 12.3. The molecule has 0 atom stereocenters. The van der Waals surface area contributed by atoms with E-state index in [1.165, 1.54) is 0 Å². The van der Waals surface area contributed by atoms with E-state index in [4.69, 9.17) is 0 Å². The Hall–Kier alpha value is -3.15. The van der Waals surface area contributed by atoms with Gasteiger partial charge in [-0.1, -0.05) is 12.1 Å². The van der Waals surface area contributed by atoms with Gasteiger partial charge in [0.05, 0.1) is 18.1 Å². The van der Waals surface area contributed by atoms with Crippen LogP contribution in [0.15, 0.2) is 48.7 Å². The smallest absolute Gasteiger partial charge is 0.228 e. The quantitative estimate of drug-likeness (QED) is 0.770. The van der Waals surface area contributed by atoms with Crippen molar-refractivity contribution in [3.8, 4) is 0 Å². The molecule has 2 aromatic carbocycles. The van der Waals surface area contributed by atoms with E-state index in [-0.39, 0.29) is 18.2 Å². The number of fused-ring (bicyclic) bond motifs is 1. The van der Waals surface area contributed by atoms with Gasteiger partial charge in [-0.05, 0) is 42.3 Å². The molecule has 0 radical (unpaired) electrons. The van der Waals surface area contributed by atoms with E-state index in [9.17, 15) is 9.59 Å². The lowest BCUT2D eigenvalue weighted by Crippen LogP contribution is -2.23. The summed E-state index contributed by atoms with van der Waals surface area (Å²) in [6, 6.07) is 13.3. The second-order valence-corrected chi connectivity index (χ2v) is 6.22. The van der Waals surface area contributed by atoms with Crippen molar-refractivity contribution in [2.75, 3.05) is 16.8 Å². The van der Waals surface area contributed by atoms with Gasteiger partial charge < -0.3 is 10.2 Å². The molecule has 1 aliphatic heterocycles. The Bertz CT molecular complexity index is 947. The van der Waals surface area contributed by atoms with Crippen LogP contribution in [-0.4, -0.2) is 28.6 Å². The molecule has 1 aliphatic rings. The van der Waals surface area contributed by atoms with E-state index < -0.39 is 0 Å². The molecule has 0 spiro atoms. The molecule has 1 fully saturated rings. The zero-order chi connectivity index (χ0) is 17.2. The minimum Gasteiger partial charge on any atom is -0.326 e. The number of nitrogens with one attached hydrogen (secondary N) is 2. The van der Waals surface area contributed by atoms with E-state index in [2.05, 4.69) is 15.5 Å². The molecule has 6 nitrogen and oxygen atoms in total. The highest BCUT2D eigenvalue weighted by atomic mass is 16.2. The highest BCUT2D eigenvalue weighted by molar-refractivity contribution is 5.96. The van der Waals surface area contributed by atoms with Crippen LogP contribution in [0.5, 0.6) is 0 Å². The monoisotopic (exact) mass is 334 g/mol. The van der Waals surface area contributed by atoms with E-state index in [0.717, 1.165) is 40.8 Å². The van der Waals surface area contributed by atoms with E-state index >= 15 is 0 Å². The molecule has 6 heteroatoms. The third-order valence-electron chi connectivity index (χ3n) is 4.39. The number of nitrogens with zero attached hydrogens (tertiary/aromatic N) is 2. The number of carbonyl (C=O) groups is 2. The third kappa shape index (κ3) is 3.24. The average Bonchev–Trinajstić information content (AvgIpc) is 3.23. The van der Waals surface area contributed by atoms with Gasteiger partial charge in [-0.3, -0.25) is 14.7 Å². The standard InChI is InChI=1S/C19H18N4O2/c24-18(21-15-7-6-14-12-20-22-17(14)11-15)10-13-3-1-4-16(9-13)23-8-2-5-19(23)25/h1,3-4,6-7,9,11-12H,2,5,8,10H2,(H,20,22)(H,21,24). The van der Waals surface area contributed by atoms with Gasteiger partial charge in [0.1, 0.15) is 0 Å². The van der Waals surface area contributed by atoms with Crippen molar-refractivity contribution in [1.82, 2.24) is 10.2 Å². The molecule has 1 saturated heterocycles. The van der Waals surface area contributed by atoms with E-state index in [1.807, 2.05) is 42.5 Å². The van der Waals surface area contributed by atoms with Gasteiger partial charge in [-0.25, -0.2) is 0 Å². The number of anilines is 2. The van der Waals surface area contributed by atoms with Crippen LogP contribution >= 0.6 is 0 Å². The zero-order valence-corrected chi connectivity index (χ0v) is 13.7. The Morgan fingerprint density at radius 3 is 3.00 bits per heavy atom. The van der Waals surface area contributed by atoms with Crippen molar-refractivity contribution in [3.63, 3.8) is 0 Å². The van der Waals surface area contributed by atoms with Gasteiger partial charge >= 0.3 is 0 Å². The van der Waals surface area contributed by atoms with Crippen molar-refractivity contribution in [3.05, 3.63) is 54.2 Å². The first-order chi connectivity index (χ1) is 12.2. The maximum atomic E-state index is 12.3. The summed E-state index contributed by atoms with van der Waals surface area (Å²) in [5.41, 5.74) is 3.36. The van der Waals surface area contributed by atoms with Crippen LogP contribution in [0.4, 0.5) is 11.4 Å². The number of rotatable bonds is 4. The number of carbonyl (C=O) groups excluding carboxylic acids is 2. The Morgan fingerprint density at radius 1 is 1.24 bits per heavy atom. The molecule has 2 N–H and O–H groups in total. The summed E-state index contributed by atoms with van der Waals surface area (Å²) < 4.78 is 0. The molecular formula is C19H18N4O2. The normalized spacial score (nSPS) is 14.2. The molecule has 2 amide bonds. The SMILES string of the molecule is O=C(Cc1cccc(N2CCCC2=O)c1)Nc1ccc2cn[nH]c2c1. The zero-order valence-electron chi connectivity index (χ0n) is 13.7. The van der Waals surface area contributed by atoms with Gasteiger partial charge in [0.15, 0.2) is 0 Å². The lowest BCUT2D eigenvalue weighted by molar-refractivity contribution is -0.117. The molecule has 2 heterocycles. The Labute approximate surface area is 144 Å². The molecule has 25 heavy (non-hydrogen) atoms. The van der Waals surface area contributed by atoms with Gasteiger partial charge in [0, 0.05) is 29.7 Å². The summed E-state index contributed by atoms with van der Waals surface area (Å²) in [4.78, 5) is 26.0. The number of hydrogen-bond donors (Lipinski definition) is 2. The lowest BCUT2D eigenvalue weighted by atomic mass is 10.1. The fourth-order valence-corrected chi connectivity index (χ4v) is 3.16. The molecule has 0 aliphatic carbocycles. The third-order valence-corrected chi connectivity index (χ3v) is 4.39. The summed E-state index contributed by atoms with van der Waals surface area (Å²) in [5.74, 6) is 0.0539. The fourth-order valence-electron chi connectivity index (χ4n) is 3.16. The fraction of sp³-hybridized carbons (Fsp3) is 0.211. The van der Waals surface area contributed by atoms with Crippen LogP contribution in [0.3, 0.4) is 0 Å². The molecule has 0 saturated carbocycles. The molecule has 0 bridgehead atoms. The second kappa shape index (κ2) is 6.39. The van der Waals surface area contributed by atoms with Gasteiger partial charge in [-0.2, -0.15) is 5.10 Å². The summed E-state index contributed by atoms with van der Waals surface area (Å²) >= 11 is 0.